The third-order valence-electron chi connectivity index (χ3n) is 9.03. The molecule has 0 radical (unpaired) electrons. The number of carbonyl (C=O) groups is 6. The monoisotopic (exact) mass is 772 g/mol. The number of hydrogen-bond donors (Lipinski definition) is 1. The van der Waals surface area contributed by atoms with Crippen LogP contribution >= 0.6 is 0 Å². The minimum Gasteiger partial charge on any atom is -0.463 e. The predicted octanol–water partition coefficient (Wildman–Crippen LogP) is 6.11. The van der Waals surface area contributed by atoms with E-state index in [1.807, 2.05) is 26.0 Å². The van der Waals surface area contributed by atoms with Crippen molar-refractivity contribution >= 4 is 35.8 Å². The van der Waals surface area contributed by atoms with Gasteiger partial charge in [0.25, 0.3) is 0 Å². The van der Waals surface area contributed by atoms with Crippen LogP contribution in [0.5, 0.6) is 0 Å². The van der Waals surface area contributed by atoms with Gasteiger partial charge in [0.1, 0.15) is 6.10 Å². The molecule has 0 spiro atoms. The van der Waals surface area contributed by atoms with Gasteiger partial charge >= 0.3 is 35.8 Å². The van der Waals surface area contributed by atoms with E-state index in [1.165, 1.54) is 54.6 Å². The Morgan fingerprint density at radius 2 is 1.11 bits per heavy atom. The first-order chi connectivity index (χ1) is 25.0. The number of esters is 6. The molecule has 1 aliphatic carbocycles. The van der Waals surface area contributed by atoms with E-state index in [4.69, 9.17) is 33.2 Å². The van der Waals surface area contributed by atoms with Gasteiger partial charge in [-0.3, -0.25) is 4.79 Å². The molecule has 0 aromatic heterocycles. The number of unbranched alkanes of at least 4 members (excludes halogenated alkanes) is 6. The lowest BCUT2D eigenvalue weighted by atomic mass is 9.86. The molecule has 0 aromatic rings. The molecule has 1 rings (SSSR count). The van der Waals surface area contributed by atoms with E-state index in [0.717, 1.165) is 32.1 Å². The van der Waals surface area contributed by atoms with Crippen LogP contribution in [0.2, 0.25) is 0 Å². The topological polar surface area (TPSA) is 187 Å². The molecule has 0 aromatic carbocycles. The third kappa shape index (κ3) is 19.2. The van der Waals surface area contributed by atoms with Gasteiger partial charge in [-0.05, 0) is 80.1 Å². The highest BCUT2D eigenvalue weighted by molar-refractivity contribution is 5.86. The Labute approximate surface area is 322 Å². The lowest BCUT2D eigenvalue weighted by molar-refractivity contribution is -0.186. The molecule has 1 fully saturated rings. The summed E-state index contributed by atoms with van der Waals surface area (Å²) in [6.45, 7) is 12.3. The number of carbonyl (C=O) groups excluding carboxylic acids is 6. The Morgan fingerprint density at radius 3 is 1.61 bits per heavy atom. The fourth-order valence-corrected chi connectivity index (χ4v) is 5.85. The predicted molar refractivity (Wildman–Crippen MR) is 200 cm³/mol. The van der Waals surface area contributed by atoms with Gasteiger partial charge < -0.3 is 38.3 Å². The molecule has 54 heavy (non-hydrogen) atoms. The number of ether oxygens (including phenoxy) is 7. The molecule has 0 aliphatic heterocycles. The summed E-state index contributed by atoms with van der Waals surface area (Å²) >= 11 is 0. The van der Waals surface area contributed by atoms with Crippen molar-refractivity contribution in [2.24, 2.45) is 11.8 Å². The van der Waals surface area contributed by atoms with Gasteiger partial charge in [-0.15, -0.1) is 0 Å². The number of rotatable bonds is 25. The normalized spacial score (nSPS) is 20.9. The molecule has 0 bridgehead atoms. The molecule has 0 heterocycles. The molecule has 14 heteroatoms. The van der Waals surface area contributed by atoms with Crippen molar-refractivity contribution in [3.8, 4) is 0 Å². The number of allylic oxidation sites excluding steroid dienone is 2. The van der Waals surface area contributed by atoms with E-state index >= 15 is 0 Å². The molecule has 1 saturated carbocycles. The average molecular weight is 773 g/mol. The van der Waals surface area contributed by atoms with Gasteiger partial charge in [0, 0.05) is 25.9 Å². The fraction of sp³-hybridized carbons (Fsp3) is 0.800. The summed E-state index contributed by atoms with van der Waals surface area (Å²) in [6.07, 6.45) is 5.95. The van der Waals surface area contributed by atoms with E-state index in [1.54, 1.807) is 0 Å². The highest BCUT2D eigenvalue weighted by Crippen LogP contribution is 2.40. The van der Waals surface area contributed by atoms with E-state index in [9.17, 15) is 33.9 Å². The number of methoxy groups -OCH3 is 1. The van der Waals surface area contributed by atoms with Gasteiger partial charge in [-0.1, -0.05) is 65.0 Å². The van der Waals surface area contributed by atoms with Crippen LogP contribution < -0.4 is 0 Å². The van der Waals surface area contributed by atoms with Gasteiger partial charge in [-0.25, -0.2) is 24.0 Å². The van der Waals surface area contributed by atoms with Crippen LogP contribution in [0.15, 0.2) is 12.2 Å². The van der Waals surface area contributed by atoms with Crippen LogP contribution in [0, 0.1) is 11.8 Å². The van der Waals surface area contributed by atoms with Crippen LogP contribution in [0.3, 0.4) is 0 Å². The van der Waals surface area contributed by atoms with Crippen molar-refractivity contribution < 1.29 is 67.0 Å². The summed E-state index contributed by atoms with van der Waals surface area (Å²) in [5.74, 6) is -5.18. The maximum atomic E-state index is 13.1. The first kappa shape index (κ1) is 50.5. The summed E-state index contributed by atoms with van der Waals surface area (Å²) < 4.78 is 36.1. The van der Waals surface area contributed by atoms with Crippen LogP contribution in [0.1, 0.15) is 140 Å². The Morgan fingerprint density at radius 1 is 0.630 bits per heavy atom. The minimum absolute atomic E-state index is 0. The van der Waals surface area contributed by atoms with Crippen LogP contribution in [0.4, 0.5) is 0 Å². The van der Waals surface area contributed by atoms with E-state index in [2.05, 4.69) is 6.92 Å². The van der Waals surface area contributed by atoms with Crippen LogP contribution in [0.25, 0.3) is 0 Å². The van der Waals surface area contributed by atoms with Crippen molar-refractivity contribution in [1.82, 2.24) is 0 Å². The first-order valence-electron chi connectivity index (χ1n) is 19.1. The fourth-order valence-electron chi connectivity index (χ4n) is 5.85. The summed E-state index contributed by atoms with van der Waals surface area (Å²) in [5.41, 5.74) is 0. The number of aliphatic hydroxyl groups excluding tert-OH is 1. The van der Waals surface area contributed by atoms with E-state index in [0.29, 0.717) is 25.7 Å². The Balaban J connectivity index is 0.0000281. The summed E-state index contributed by atoms with van der Waals surface area (Å²) in [7, 11) is 1.30. The van der Waals surface area contributed by atoms with Crippen molar-refractivity contribution in [3.05, 3.63) is 12.2 Å². The minimum atomic E-state index is -1.46. The van der Waals surface area contributed by atoms with Crippen molar-refractivity contribution in [3.63, 3.8) is 0 Å². The second-order valence-corrected chi connectivity index (χ2v) is 14.0. The Bertz CT molecular complexity index is 1180. The van der Waals surface area contributed by atoms with Crippen LogP contribution in [-0.2, 0) is 61.9 Å². The lowest BCUT2D eigenvalue weighted by Crippen LogP contribution is -2.38. The maximum absolute atomic E-state index is 13.1. The molecule has 312 valence electrons. The van der Waals surface area contributed by atoms with Crippen molar-refractivity contribution in [2.75, 3.05) is 7.11 Å². The molecular weight excluding hydrogens is 704 g/mol. The standard InChI is InChI=1S/C39H64O14.CH4/c1-10-11-12-13-14-17-20-30-31(21-18-15-16-19-22-34(41)48-24(2)3)33(23-32(30)40)53-39(46)29(8)52-38(45)28(7)51-37(44)27(6)50-36(43)26(5)49-35(42)25(4)47-9;/h15,18,24-33,40H,10-14,16-17,19-23H2,1-9H3;1H4/b18-15-;/t25?,26?,27?,28?,29?,30-,31-,32-,33+;/m1./s1. The zero-order valence-electron chi connectivity index (χ0n) is 33.2. The van der Waals surface area contributed by atoms with Crippen LogP contribution in [-0.4, -0.2) is 96.9 Å². The third-order valence-corrected chi connectivity index (χ3v) is 9.03. The first-order valence-corrected chi connectivity index (χ1v) is 19.1. The molecule has 0 amide bonds. The van der Waals surface area contributed by atoms with Gasteiger partial charge in [0.05, 0.1) is 12.2 Å². The molecule has 0 saturated heterocycles. The zero-order chi connectivity index (χ0) is 40.1. The SMILES string of the molecule is C.CCCCCCCC[C@@H]1[C@@H](C/C=C\CCCC(=O)OC(C)C)[C@@H](OC(=O)C(C)OC(=O)C(C)OC(=O)C(C)OC(=O)C(C)OC(=O)C(C)OC)C[C@H]1O. The Kier molecular flexibility index (Phi) is 25.4. The number of aliphatic hydroxyl groups is 1. The smallest absolute Gasteiger partial charge is 0.347 e. The maximum Gasteiger partial charge on any atom is 0.347 e. The molecule has 1 aliphatic rings. The quantitative estimate of drug-likeness (QED) is 0.0484. The molecule has 1 N–H and O–H groups in total. The second-order valence-electron chi connectivity index (χ2n) is 14.0. The molecule has 9 atom stereocenters. The highest BCUT2D eigenvalue weighted by Gasteiger charge is 2.44. The summed E-state index contributed by atoms with van der Waals surface area (Å²) in [6, 6.07) is 0. The zero-order valence-corrected chi connectivity index (χ0v) is 33.2. The molecule has 14 nitrogen and oxygen atoms in total. The van der Waals surface area contributed by atoms with Gasteiger partial charge in [-0.2, -0.15) is 0 Å². The average Bonchev–Trinajstić information content (AvgIpc) is 3.38. The van der Waals surface area contributed by atoms with Crippen molar-refractivity contribution in [1.29, 1.82) is 0 Å². The summed E-state index contributed by atoms with van der Waals surface area (Å²) in [4.78, 5) is 74.3. The van der Waals surface area contributed by atoms with Crippen molar-refractivity contribution in [2.45, 2.75) is 189 Å². The number of hydrogen-bond acceptors (Lipinski definition) is 14. The molecular formula is C40H68O14. The highest BCUT2D eigenvalue weighted by atomic mass is 16.6. The summed E-state index contributed by atoms with van der Waals surface area (Å²) in [5, 5.41) is 11.0. The van der Waals surface area contributed by atoms with E-state index < -0.39 is 72.6 Å². The van der Waals surface area contributed by atoms with Gasteiger partial charge in [0.15, 0.2) is 30.5 Å². The molecule has 5 unspecified atom stereocenters. The lowest BCUT2D eigenvalue weighted by Gasteiger charge is -2.25. The second kappa shape index (κ2) is 27.1. The largest absolute Gasteiger partial charge is 0.463 e. The Hall–Kier alpha value is -3.52. The van der Waals surface area contributed by atoms with Gasteiger partial charge in [0.2, 0.25) is 0 Å². The van der Waals surface area contributed by atoms with E-state index in [-0.39, 0.29) is 37.8 Å².